The van der Waals surface area contributed by atoms with Gasteiger partial charge in [-0.1, -0.05) is 13.0 Å². The predicted molar refractivity (Wildman–Crippen MR) is 107 cm³/mol. The van der Waals surface area contributed by atoms with Crippen molar-refractivity contribution in [2.24, 2.45) is 0 Å². The molecule has 136 valence electrons. The van der Waals surface area contributed by atoms with Crippen molar-refractivity contribution in [1.29, 1.82) is 5.26 Å². The second-order valence-electron chi connectivity index (χ2n) is 7.18. The summed E-state index contributed by atoms with van der Waals surface area (Å²) >= 11 is 0. The van der Waals surface area contributed by atoms with Gasteiger partial charge in [0.2, 0.25) is 0 Å². The van der Waals surface area contributed by atoms with Gasteiger partial charge < -0.3 is 9.52 Å². The number of rotatable bonds is 2. The highest BCUT2D eigenvalue weighted by molar-refractivity contribution is 6.06. The van der Waals surface area contributed by atoms with E-state index in [-0.39, 0.29) is 11.7 Å². The number of aromatic nitrogens is 2. The highest BCUT2D eigenvalue weighted by atomic mass is 16.3. The number of nitrogens with zero attached hydrogens (tertiary/aromatic N) is 2. The van der Waals surface area contributed by atoms with E-state index in [1.807, 2.05) is 13.0 Å². The first-order valence-corrected chi connectivity index (χ1v) is 9.08. The Hall–Kier alpha value is -3.78. The normalized spacial score (nSPS) is 15.8. The van der Waals surface area contributed by atoms with Crippen molar-refractivity contribution < 1.29 is 9.52 Å². The molecule has 5 heteroatoms. The minimum absolute atomic E-state index is 0.0894. The minimum Gasteiger partial charge on any atom is -0.508 e. The Morgan fingerprint density at radius 3 is 2.89 bits per heavy atom. The van der Waals surface area contributed by atoms with Crippen molar-refractivity contribution in [2.75, 3.05) is 0 Å². The fraction of sp³-hybridized carbons (Fsp3) is 0.130. The van der Waals surface area contributed by atoms with E-state index in [4.69, 9.17) is 4.42 Å². The van der Waals surface area contributed by atoms with Crippen molar-refractivity contribution in [1.82, 2.24) is 10.2 Å². The number of aryl methyl sites for hydroxylation is 1. The Morgan fingerprint density at radius 2 is 2.07 bits per heavy atom. The second kappa shape index (κ2) is 5.86. The molecule has 0 amide bonds. The molecule has 4 aromatic rings. The van der Waals surface area contributed by atoms with Crippen LogP contribution in [0.4, 0.5) is 0 Å². The molecule has 2 heterocycles. The molecule has 1 unspecified atom stereocenters. The molecule has 0 bridgehead atoms. The third-order valence-electron chi connectivity index (χ3n) is 5.54. The van der Waals surface area contributed by atoms with Crippen LogP contribution in [0, 0.1) is 18.3 Å². The van der Waals surface area contributed by atoms with Gasteiger partial charge in [-0.2, -0.15) is 10.4 Å². The zero-order chi connectivity index (χ0) is 19.4. The first-order chi connectivity index (χ1) is 13.6. The number of hydrogen-bond acceptors (Lipinski definition) is 4. The summed E-state index contributed by atoms with van der Waals surface area (Å²) in [5, 5.41) is 27.9. The largest absolute Gasteiger partial charge is 0.508 e. The second-order valence-corrected chi connectivity index (χ2v) is 7.18. The van der Waals surface area contributed by atoms with Gasteiger partial charge in [0.05, 0.1) is 23.5 Å². The highest BCUT2D eigenvalue weighted by Crippen LogP contribution is 2.52. The van der Waals surface area contributed by atoms with Crippen LogP contribution in [0.15, 0.2) is 53.3 Å². The molecule has 28 heavy (non-hydrogen) atoms. The van der Waals surface area contributed by atoms with Gasteiger partial charge in [-0.15, -0.1) is 0 Å². The van der Waals surface area contributed by atoms with E-state index in [2.05, 4.69) is 35.3 Å². The number of phenols is 1. The van der Waals surface area contributed by atoms with E-state index in [9.17, 15) is 10.4 Å². The molecule has 2 aromatic carbocycles. The lowest BCUT2D eigenvalue weighted by atomic mass is 9.89. The molecule has 0 spiro atoms. The van der Waals surface area contributed by atoms with Gasteiger partial charge >= 0.3 is 0 Å². The summed E-state index contributed by atoms with van der Waals surface area (Å²) < 4.78 is 5.77. The average molecular weight is 367 g/mol. The molecule has 5 rings (SSSR count). The minimum atomic E-state index is 0.0894. The van der Waals surface area contributed by atoms with Crippen molar-refractivity contribution in [2.45, 2.75) is 19.8 Å². The molecule has 0 saturated heterocycles. The first kappa shape index (κ1) is 16.4. The number of hydrogen-bond donors (Lipinski definition) is 2. The number of fused-ring (bicyclic) bond motifs is 2. The quantitative estimate of drug-likeness (QED) is 0.515. The SMILES string of the molecule is Cc1cc(O)cc2c1C(C)C(c1ccc3[nH]ncc3c1)=C2c1occc1C#N. The Kier molecular flexibility index (Phi) is 3.43. The van der Waals surface area contributed by atoms with Crippen molar-refractivity contribution in [3.63, 3.8) is 0 Å². The number of allylic oxidation sites excluding steroid dienone is 1. The maximum absolute atomic E-state index is 10.2. The maximum atomic E-state index is 10.2. The zero-order valence-electron chi connectivity index (χ0n) is 15.4. The third-order valence-corrected chi connectivity index (χ3v) is 5.54. The van der Waals surface area contributed by atoms with Gasteiger partial charge in [0.15, 0.2) is 5.76 Å². The van der Waals surface area contributed by atoms with Gasteiger partial charge in [0.25, 0.3) is 0 Å². The molecular formula is C23H17N3O2. The fourth-order valence-electron chi connectivity index (χ4n) is 4.41. The van der Waals surface area contributed by atoms with Gasteiger partial charge in [0, 0.05) is 16.9 Å². The standard InChI is InChI=1S/C23H17N3O2/c1-12-7-17(27)9-18-20(12)13(2)21(22(18)23-15(10-24)5-6-28-23)14-3-4-19-16(8-14)11-25-26-19/h3-9,11,13,27H,1-2H3,(H,25,26). The van der Waals surface area contributed by atoms with Crippen molar-refractivity contribution in [3.8, 4) is 11.8 Å². The number of furan rings is 1. The molecule has 2 aromatic heterocycles. The molecule has 1 atom stereocenters. The van der Waals surface area contributed by atoms with Crippen molar-refractivity contribution in [3.05, 3.63) is 82.4 Å². The third kappa shape index (κ3) is 2.21. The van der Waals surface area contributed by atoms with Crippen LogP contribution >= 0.6 is 0 Å². The van der Waals surface area contributed by atoms with Gasteiger partial charge in [0.1, 0.15) is 11.8 Å². The lowest BCUT2D eigenvalue weighted by molar-refractivity contribution is 0.474. The summed E-state index contributed by atoms with van der Waals surface area (Å²) in [6.45, 7) is 4.15. The summed E-state index contributed by atoms with van der Waals surface area (Å²) in [6, 6.07) is 13.6. The zero-order valence-corrected chi connectivity index (χ0v) is 15.4. The number of aromatic amines is 1. The van der Waals surface area contributed by atoms with E-state index in [1.165, 1.54) is 6.26 Å². The Labute approximate surface area is 161 Å². The molecule has 2 N–H and O–H groups in total. The van der Waals surface area contributed by atoms with Crippen LogP contribution in [0.3, 0.4) is 0 Å². The number of phenolic OH excluding ortho intramolecular Hbond substituents is 1. The Morgan fingerprint density at radius 1 is 1.21 bits per heavy atom. The summed E-state index contributed by atoms with van der Waals surface area (Å²) in [5.74, 6) is 0.838. The van der Waals surface area contributed by atoms with E-state index < -0.39 is 0 Å². The lowest BCUT2D eigenvalue weighted by Gasteiger charge is -2.14. The topological polar surface area (TPSA) is 85.8 Å². The molecular weight excluding hydrogens is 350 g/mol. The van der Waals surface area contributed by atoms with E-state index >= 15 is 0 Å². The maximum Gasteiger partial charge on any atom is 0.152 e. The van der Waals surface area contributed by atoms with Crippen LogP contribution in [0.2, 0.25) is 0 Å². The summed E-state index contributed by atoms with van der Waals surface area (Å²) in [4.78, 5) is 0. The van der Waals surface area contributed by atoms with Crippen LogP contribution in [0.5, 0.6) is 5.75 Å². The van der Waals surface area contributed by atoms with Crippen LogP contribution in [0.25, 0.3) is 22.0 Å². The van der Waals surface area contributed by atoms with Gasteiger partial charge in [-0.25, -0.2) is 0 Å². The van der Waals surface area contributed by atoms with Crippen LogP contribution in [-0.2, 0) is 0 Å². The fourth-order valence-corrected chi connectivity index (χ4v) is 4.41. The van der Waals surface area contributed by atoms with Gasteiger partial charge in [-0.3, -0.25) is 5.10 Å². The molecule has 0 fully saturated rings. The number of aromatic hydroxyl groups is 1. The number of nitrogens with one attached hydrogen (secondary N) is 1. The molecule has 0 saturated carbocycles. The Balaban J connectivity index is 1.86. The van der Waals surface area contributed by atoms with E-state index in [1.54, 1.807) is 24.4 Å². The number of nitriles is 1. The molecule has 1 aliphatic carbocycles. The molecule has 0 radical (unpaired) electrons. The first-order valence-electron chi connectivity index (χ1n) is 9.08. The van der Waals surface area contributed by atoms with Crippen LogP contribution < -0.4 is 0 Å². The summed E-state index contributed by atoms with van der Waals surface area (Å²) in [7, 11) is 0. The predicted octanol–water partition coefficient (Wildman–Crippen LogP) is 5.12. The smallest absolute Gasteiger partial charge is 0.152 e. The van der Waals surface area contributed by atoms with Gasteiger partial charge in [-0.05, 0) is 65.1 Å². The van der Waals surface area contributed by atoms with Crippen LogP contribution in [-0.4, -0.2) is 15.3 Å². The van der Waals surface area contributed by atoms with E-state index in [0.717, 1.165) is 44.3 Å². The average Bonchev–Trinajstić information content (AvgIpc) is 3.37. The van der Waals surface area contributed by atoms with Crippen LogP contribution in [0.1, 0.15) is 46.4 Å². The lowest BCUT2D eigenvalue weighted by Crippen LogP contribution is -1.96. The molecule has 0 aliphatic heterocycles. The highest BCUT2D eigenvalue weighted by Gasteiger charge is 2.34. The summed E-state index contributed by atoms with van der Waals surface area (Å²) in [5.41, 5.74) is 7.53. The van der Waals surface area contributed by atoms with Crippen molar-refractivity contribution >= 4 is 22.0 Å². The number of H-pyrrole nitrogens is 1. The monoisotopic (exact) mass is 367 g/mol. The number of benzene rings is 2. The Bertz CT molecular complexity index is 1320. The molecule has 1 aliphatic rings. The molecule has 5 nitrogen and oxygen atoms in total. The van der Waals surface area contributed by atoms with E-state index in [0.29, 0.717) is 11.3 Å². The summed E-state index contributed by atoms with van der Waals surface area (Å²) in [6.07, 6.45) is 3.34.